The van der Waals surface area contributed by atoms with Crippen molar-refractivity contribution in [1.82, 2.24) is 0 Å². The molecule has 2 heteroatoms. The van der Waals surface area contributed by atoms with Crippen LogP contribution in [0.15, 0.2) is 33.8 Å². The molecule has 0 nitrogen and oxygen atoms in total. The lowest BCUT2D eigenvalue weighted by atomic mass is 9.30. The van der Waals surface area contributed by atoms with Gasteiger partial charge in [-0.05, 0) is 9.04 Å². The maximum atomic E-state index is 2.67. The lowest BCUT2D eigenvalue weighted by Gasteiger charge is -2.35. The van der Waals surface area contributed by atoms with Gasteiger partial charge >= 0.3 is 0 Å². The van der Waals surface area contributed by atoms with Gasteiger partial charge in [-0.15, -0.1) is 0 Å². The summed E-state index contributed by atoms with van der Waals surface area (Å²) in [5.74, 6) is 1.90. The van der Waals surface area contributed by atoms with Crippen molar-refractivity contribution in [2.45, 2.75) is 75.8 Å². The number of halogens is 1. The van der Waals surface area contributed by atoms with Gasteiger partial charge in [0.25, 0.3) is 0 Å². The zero-order valence-corrected chi connectivity index (χ0v) is 15.8. The Morgan fingerprint density at radius 3 is 1.82 bits per heavy atom. The van der Waals surface area contributed by atoms with Crippen LogP contribution in [0.3, 0.4) is 0 Å². The van der Waals surface area contributed by atoms with Gasteiger partial charge in [-0.2, -0.15) is 0 Å². The highest BCUT2D eigenvalue weighted by Crippen LogP contribution is 2.45. The number of rotatable bonds is 4. The second kappa shape index (κ2) is 8.56. The van der Waals surface area contributed by atoms with E-state index in [2.05, 4.69) is 59.0 Å². The summed E-state index contributed by atoms with van der Waals surface area (Å²) in [5, 5.41) is 0. The minimum absolute atomic E-state index is 0.835. The van der Waals surface area contributed by atoms with Crippen molar-refractivity contribution in [1.29, 1.82) is 0 Å². The van der Waals surface area contributed by atoms with Gasteiger partial charge in [0.2, 0.25) is 0 Å². The van der Waals surface area contributed by atoms with Gasteiger partial charge in [-0.25, -0.2) is 0 Å². The molecule has 0 aliphatic heterocycles. The lowest BCUT2D eigenvalue weighted by molar-refractivity contribution is 0.464. The van der Waals surface area contributed by atoms with E-state index in [1.165, 1.54) is 69.8 Å². The van der Waals surface area contributed by atoms with Gasteiger partial charge in [0.1, 0.15) is 0 Å². The molecule has 0 amide bonds. The molecule has 2 fully saturated rings. The van der Waals surface area contributed by atoms with Crippen LogP contribution in [-0.2, 0) is 0 Å². The molecule has 0 bridgehead atoms. The molecule has 0 unspecified atom stereocenters. The summed E-state index contributed by atoms with van der Waals surface area (Å²) in [6.45, 7) is 0.835. The average molecular weight is 406 g/mol. The first-order valence-electron chi connectivity index (χ1n) is 9.27. The Balaban J connectivity index is 1.81. The van der Waals surface area contributed by atoms with E-state index in [4.69, 9.17) is 0 Å². The van der Waals surface area contributed by atoms with Crippen molar-refractivity contribution in [2.24, 2.45) is 0 Å². The molecule has 0 N–H and O–H groups in total. The third-order valence-corrected chi connectivity index (χ3v) is 6.77. The summed E-state index contributed by atoms with van der Waals surface area (Å²) < 4.78 is 1.63. The maximum Gasteiger partial charge on any atom is 0.190 e. The van der Waals surface area contributed by atoms with Crippen LogP contribution >= 0.6 is 22.6 Å². The Bertz CT molecular complexity index is 452. The first kappa shape index (κ1) is 16.6. The molecule has 1 aromatic rings. The molecule has 0 spiro atoms. The van der Waals surface area contributed by atoms with Crippen molar-refractivity contribution >= 4 is 35.4 Å². The van der Waals surface area contributed by atoms with Crippen molar-refractivity contribution in [2.75, 3.05) is 0 Å². The third-order valence-electron chi connectivity index (χ3n) is 5.74. The molecule has 2 aliphatic carbocycles. The molecule has 2 aliphatic rings. The van der Waals surface area contributed by atoms with Crippen molar-refractivity contribution in [3.8, 4) is 0 Å². The molecule has 2 saturated carbocycles. The maximum absolute atomic E-state index is 2.67. The lowest BCUT2D eigenvalue weighted by Crippen LogP contribution is -2.30. The van der Waals surface area contributed by atoms with Crippen molar-refractivity contribution < 1.29 is 0 Å². The SMILES string of the molecule is I/C(=C\c1ccccc1)B(C1CCCCC1)C1CCCCC1. The standard InChI is InChI=1S/C20H28BI/c22-20(16-17-10-4-1-5-11-17)21(18-12-6-2-7-13-18)19-14-8-3-9-15-19/h1,4-5,10-11,16,18-19H,2-3,6-9,12-15H2/b20-16-. The molecule has 22 heavy (non-hydrogen) atoms. The van der Waals surface area contributed by atoms with Crippen LogP contribution in [0.2, 0.25) is 11.6 Å². The van der Waals surface area contributed by atoms with Gasteiger partial charge in [0.05, 0.1) is 0 Å². The largest absolute Gasteiger partial charge is 0.190 e. The van der Waals surface area contributed by atoms with E-state index in [1.807, 2.05) is 0 Å². The highest BCUT2D eigenvalue weighted by atomic mass is 127. The molecular weight excluding hydrogens is 378 g/mol. The monoisotopic (exact) mass is 406 g/mol. The van der Waals surface area contributed by atoms with Crippen LogP contribution in [0.4, 0.5) is 0 Å². The smallest absolute Gasteiger partial charge is 0.0622 e. The molecule has 0 saturated heterocycles. The van der Waals surface area contributed by atoms with E-state index >= 15 is 0 Å². The number of benzene rings is 1. The molecular formula is C20H28BI. The topological polar surface area (TPSA) is 0 Å². The molecule has 118 valence electrons. The van der Waals surface area contributed by atoms with Crippen LogP contribution < -0.4 is 0 Å². The van der Waals surface area contributed by atoms with Gasteiger partial charge in [0.15, 0.2) is 6.71 Å². The minimum atomic E-state index is 0.835. The Hall–Kier alpha value is -0.245. The molecule has 0 aromatic heterocycles. The molecule has 1 aromatic carbocycles. The van der Waals surface area contributed by atoms with E-state index in [0.29, 0.717) is 0 Å². The number of hydrogen-bond donors (Lipinski definition) is 0. The summed E-state index contributed by atoms with van der Waals surface area (Å²) in [5.41, 5.74) is 1.38. The minimum Gasteiger partial charge on any atom is -0.0622 e. The van der Waals surface area contributed by atoms with Crippen LogP contribution in [0.25, 0.3) is 6.08 Å². The fourth-order valence-electron chi connectivity index (χ4n) is 4.63. The molecule has 0 atom stereocenters. The second-order valence-corrected chi connectivity index (χ2v) is 8.51. The second-order valence-electron chi connectivity index (χ2n) is 7.26. The Kier molecular flexibility index (Phi) is 6.46. The van der Waals surface area contributed by atoms with Crippen LogP contribution in [0.5, 0.6) is 0 Å². The summed E-state index contributed by atoms with van der Waals surface area (Å²) >= 11 is 2.67. The highest BCUT2D eigenvalue weighted by Gasteiger charge is 2.36. The fraction of sp³-hybridized carbons (Fsp3) is 0.600. The Morgan fingerprint density at radius 2 is 1.32 bits per heavy atom. The van der Waals surface area contributed by atoms with Crippen molar-refractivity contribution in [3.05, 3.63) is 39.4 Å². The zero-order chi connectivity index (χ0) is 15.2. The van der Waals surface area contributed by atoms with E-state index in [1.54, 1.807) is 3.48 Å². The summed E-state index contributed by atoms with van der Waals surface area (Å²) in [6, 6.07) is 10.9. The summed E-state index contributed by atoms with van der Waals surface area (Å²) in [6.07, 6.45) is 17.1. The van der Waals surface area contributed by atoms with Gasteiger partial charge in [-0.1, -0.05) is 135 Å². The zero-order valence-electron chi connectivity index (χ0n) is 13.6. The third kappa shape index (κ3) is 4.40. The fourth-order valence-corrected chi connectivity index (χ4v) is 6.00. The Morgan fingerprint density at radius 1 is 0.818 bits per heavy atom. The predicted molar refractivity (Wildman–Crippen MR) is 108 cm³/mol. The van der Waals surface area contributed by atoms with E-state index < -0.39 is 0 Å². The van der Waals surface area contributed by atoms with E-state index in [0.717, 1.165) is 18.3 Å². The molecule has 0 radical (unpaired) electrons. The summed E-state index contributed by atoms with van der Waals surface area (Å²) in [4.78, 5) is 0. The normalized spacial score (nSPS) is 21.8. The van der Waals surface area contributed by atoms with Gasteiger partial charge in [-0.3, -0.25) is 0 Å². The van der Waals surface area contributed by atoms with E-state index in [9.17, 15) is 0 Å². The highest BCUT2D eigenvalue weighted by molar-refractivity contribution is 14.1. The predicted octanol–water partition coefficient (Wildman–Crippen LogP) is 7.17. The first-order chi connectivity index (χ1) is 10.8. The molecule has 0 heterocycles. The average Bonchev–Trinajstić information content (AvgIpc) is 2.58. The molecule has 3 rings (SSSR count). The van der Waals surface area contributed by atoms with Gasteiger partial charge in [0, 0.05) is 0 Å². The number of hydrogen-bond acceptors (Lipinski definition) is 0. The van der Waals surface area contributed by atoms with Crippen LogP contribution in [0, 0.1) is 0 Å². The van der Waals surface area contributed by atoms with Crippen molar-refractivity contribution in [3.63, 3.8) is 0 Å². The summed E-state index contributed by atoms with van der Waals surface area (Å²) in [7, 11) is 0. The quantitative estimate of drug-likeness (QED) is 0.368. The first-order valence-corrected chi connectivity index (χ1v) is 10.3. The van der Waals surface area contributed by atoms with E-state index in [-0.39, 0.29) is 0 Å². The Labute approximate surface area is 150 Å². The van der Waals surface area contributed by atoms with Crippen LogP contribution in [0.1, 0.15) is 69.8 Å². The van der Waals surface area contributed by atoms with Crippen LogP contribution in [-0.4, -0.2) is 6.71 Å². The van der Waals surface area contributed by atoms with Gasteiger partial charge < -0.3 is 0 Å².